The van der Waals surface area contributed by atoms with Crippen LogP contribution in [0.3, 0.4) is 0 Å². The van der Waals surface area contributed by atoms with Crippen LogP contribution in [0.15, 0.2) is 28.9 Å². The van der Waals surface area contributed by atoms with Crippen molar-refractivity contribution in [3.63, 3.8) is 0 Å². The number of carbonyl (C=O) groups is 2. The first-order valence-electron chi connectivity index (χ1n) is 7.83. The number of carbonyl (C=O) groups excluding carboxylic acids is 2. The molecular formula is C16H17ClN4O4. The molecule has 0 radical (unpaired) electrons. The molecule has 1 aliphatic heterocycles. The molecule has 9 heteroatoms. The van der Waals surface area contributed by atoms with Crippen LogP contribution in [0.5, 0.6) is 5.88 Å². The minimum Gasteiger partial charge on any atom is -0.361 e. The summed E-state index contributed by atoms with van der Waals surface area (Å²) in [6.07, 6.45) is 2.81. The van der Waals surface area contributed by atoms with Crippen LogP contribution in [-0.4, -0.2) is 39.4 Å². The molecule has 25 heavy (non-hydrogen) atoms. The van der Waals surface area contributed by atoms with E-state index < -0.39 is 11.9 Å². The van der Waals surface area contributed by atoms with E-state index in [0.717, 1.165) is 6.42 Å². The summed E-state index contributed by atoms with van der Waals surface area (Å²) < 4.78 is 5.06. The van der Waals surface area contributed by atoms with E-state index in [9.17, 15) is 9.59 Å². The lowest BCUT2D eigenvalue weighted by Crippen LogP contribution is -2.47. The van der Waals surface area contributed by atoms with Gasteiger partial charge in [0.1, 0.15) is 11.8 Å². The number of likely N-dealkylation sites (tertiary alicyclic amines) is 1. The number of aryl methyl sites for hydroxylation is 1. The molecule has 2 aromatic heterocycles. The molecule has 8 nitrogen and oxygen atoms in total. The maximum absolute atomic E-state index is 12.4. The van der Waals surface area contributed by atoms with Crippen molar-refractivity contribution in [2.45, 2.75) is 32.2 Å². The van der Waals surface area contributed by atoms with Gasteiger partial charge in [-0.1, -0.05) is 16.8 Å². The molecule has 1 aliphatic rings. The first kappa shape index (κ1) is 17.2. The molecule has 0 saturated carbocycles. The van der Waals surface area contributed by atoms with Crippen LogP contribution in [0.25, 0.3) is 0 Å². The number of hydrogen-bond acceptors (Lipinski definition) is 6. The Hall–Kier alpha value is -2.61. The van der Waals surface area contributed by atoms with Gasteiger partial charge in [-0.15, -0.1) is 0 Å². The SMILES string of the molecule is Cc1cc(CC(=O)N2CCCC2C(=O)NOc2ccc(Cl)cn2)on1. The molecule has 3 heterocycles. The summed E-state index contributed by atoms with van der Waals surface area (Å²) in [4.78, 5) is 35.4. The highest BCUT2D eigenvalue weighted by Crippen LogP contribution is 2.19. The molecule has 132 valence electrons. The molecule has 1 atom stereocenters. The average Bonchev–Trinajstić information content (AvgIpc) is 3.23. The molecule has 0 spiro atoms. The molecule has 0 aliphatic carbocycles. The highest BCUT2D eigenvalue weighted by atomic mass is 35.5. The average molecular weight is 365 g/mol. The predicted octanol–water partition coefficient (Wildman–Crippen LogP) is 1.68. The van der Waals surface area contributed by atoms with Crippen LogP contribution < -0.4 is 10.3 Å². The predicted molar refractivity (Wildman–Crippen MR) is 87.7 cm³/mol. The molecule has 2 aromatic rings. The Balaban J connectivity index is 1.57. The molecule has 1 unspecified atom stereocenters. The van der Waals surface area contributed by atoms with Gasteiger partial charge in [0.05, 0.1) is 17.1 Å². The number of hydrogen-bond donors (Lipinski definition) is 1. The minimum atomic E-state index is -0.580. The largest absolute Gasteiger partial charge is 0.361 e. The summed E-state index contributed by atoms with van der Waals surface area (Å²) in [5.41, 5.74) is 3.05. The van der Waals surface area contributed by atoms with E-state index in [2.05, 4.69) is 15.6 Å². The van der Waals surface area contributed by atoms with Crippen LogP contribution in [0.2, 0.25) is 5.02 Å². The minimum absolute atomic E-state index is 0.0736. The van der Waals surface area contributed by atoms with Crippen molar-refractivity contribution in [2.24, 2.45) is 0 Å². The smallest absolute Gasteiger partial charge is 0.275 e. The molecule has 1 fully saturated rings. The summed E-state index contributed by atoms with van der Waals surface area (Å²) in [5.74, 6) is 0.121. The van der Waals surface area contributed by atoms with Crippen molar-refractivity contribution >= 4 is 23.4 Å². The third kappa shape index (κ3) is 4.27. The standard InChI is InChI=1S/C16H17ClN4O4/c1-10-7-12(24-19-10)8-15(22)21-6-2-3-13(21)16(23)20-25-14-5-4-11(17)9-18-14/h4-5,7,9,13H,2-3,6,8H2,1H3,(H,20,23). The number of aromatic nitrogens is 2. The zero-order chi connectivity index (χ0) is 17.8. The van der Waals surface area contributed by atoms with E-state index in [4.69, 9.17) is 21.0 Å². The number of nitrogens with zero attached hydrogens (tertiary/aromatic N) is 3. The fourth-order valence-electron chi connectivity index (χ4n) is 2.68. The van der Waals surface area contributed by atoms with Gasteiger partial charge in [0.2, 0.25) is 11.8 Å². The van der Waals surface area contributed by atoms with Crippen LogP contribution in [-0.2, 0) is 16.0 Å². The van der Waals surface area contributed by atoms with Gasteiger partial charge in [-0.3, -0.25) is 9.59 Å². The molecule has 3 rings (SSSR count). The maximum atomic E-state index is 12.4. The summed E-state index contributed by atoms with van der Waals surface area (Å²) in [7, 11) is 0. The summed E-state index contributed by atoms with van der Waals surface area (Å²) in [5, 5.41) is 4.22. The Labute approximate surface area is 149 Å². The van der Waals surface area contributed by atoms with E-state index in [1.807, 2.05) is 0 Å². The van der Waals surface area contributed by atoms with Crippen molar-refractivity contribution in [3.05, 3.63) is 40.9 Å². The lowest BCUT2D eigenvalue weighted by molar-refractivity contribution is -0.141. The summed E-state index contributed by atoms with van der Waals surface area (Å²) in [6, 6.07) is 4.26. The van der Waals surface area contributed by atoms with Crippen LogP contribution in [0.4, 0.5) is 0 Å². The number of pyridine rings is 1. The van der Waals surface area contributed by atoms with E-state index in [1.54, 1.807) is 19.1 Å². The van der Waals surface area contributed by atoms with Gasteiger partial charge in [0.15, 0.2) is 0 Å². The monoisotopic (exact) mass is 364 g/mol. The second kappa shape index (κ2) is 7.52. The van der Waals surface area contributed by atoms with Gasteiger partial charge >= 0.3 is 0 Å². The second-order valence-electron chi connectivity index (χ2n) is 5.74. The number of hydroxylamine groups is 1. The number of halogens is 1. The molecule has 0 aromatic carbocycles. The Kier molecular flexibility index (Phi) is 5.18. The maximum Gasteiger partial charge on any atom is 0.275 e. The topological polar surface area (TPSA) is 97.6 Å². The van der Waals surface area contributed by atoms with Crippen molar-refractivity contribution in [1.29, 1.82) is 0 Å². The molecule has 2 amide bonds. The number of rotatable bonds is 5. The van der Waals surface area contributed by atoms with E-state index >= 15 is 0 Å². The van der Waals surface area contributed by atoms with Crippen LogP contribution >= 0.6 is 11.6 Å². The Morgan fingerprint density at radius 2 is 2.32 bits per heavy atom. The van der Waals surface area contributed by atoms with Gasteiger partial charge < -0.3 is 14.3 Å². The summed E-state index contributed by atoms with van der Waals surface area (Å²) in [6.45, 7) is 2.30. The lowest BCUT2D eigenvalue weighted by atomic mass is 10.2. The lowest BCUT2D eigenvalue weighted by Gasteiger charge is -2.23. The van der Waals surface area contributed by atoms with Gasteiger partial charge in [-0.05, 0) is 25.8 Å². The van der Waals surface area contributed by atoms with Gasteiger partial charge in [-0.25, -0.2) is 4.98 Å². The first-order valence-corrected chi connectivity index (χ1v) is 8.20. The third-order valence-electron chi connectivity index (χ3n) is 3.83. The highest BCUT2D eigenvalue weighted by molar-refractivity contribution is 6.30. The molecule has 1 N–H and O–H groups in total. The van der Waals surface area contributed by atoms with Crippen molar-refractivity contribution in [3.8, 4) is 5.88 Å². The second-order valence-corrected chi connectivity index (χ2v) is 6.18. The Morgan fingerprint density at radius 1 is 1.48 bits per heavy atom. The molecule has 0 bridgehead atoms. The number of nitrogens with one attached hydrogen (secondary N) is 1. The van der Waals surface area contributed by atoms with Crippen LogP contribution in [0, 0.1) is 6.92 Å². The fourth-order valence-corrected chi connectivity index (χ4v) is 2.79. The van der Waals surface area contributed by atoms with Gasteiger partial charge in [0, 0.05) is 24.9 Å². The zero-order valence-electron chi connectivity index (χ0n) is 13.6. The zero-order valence-corrected chi connectivity index (χ0v) is 14.3. The molecular weight excluding hydrogens is 348 g/mol. The van der Waals surface area contributed by atoms with Crippen molar-refractivity contribution < 1.29 is 18.9 Å². The van der Waals surface area contributed by atoms with Crippen molar-refractivity contribution in [1.82, 2.24) is 20.5 Å². The van der Waals surface area contributed by atoms with E-state index in [1.165, 1.54) is 17.2 Å². The van der Waals surface area contributed by atoms with E-state index in [-0.39, 0.29) is 18.2 Å². The van der Waals surface area contributed by atoms with Crippen LogP contribution in [0.1, 0.15) is 24.3 Å². The summed E-state index contributed by atoms with van der Waals surface area (Å²) >= 11 is 5.74. The molecule has 1 saturated heterocycles. The first-order chi connectivity index (χ1) is 12.0. The fraction of sp³-hybridized carbons (Fsp3) is 0.375. The quantitative estimate of drug-likeness (QED) is 0.810. The Bertz CT molecular complexity index is 762. The Morgan fingerprint density at radius 3 is 3.00 bits per heavy atom. The van der Waals surface area contributed by atoms with E-state index in [0.29, 0.717) is 29.4 Å². The van der Waals surface area contributed by atoms with Crippen molar-refractivity contribution in [2.75, 3.05) is 6.54 Å². The third-order valence-corrected chi connectivity index (χ3v) is 4.06. The highest BCUT2D eigenvalue weighted by Gasteiger charge is 2.34. The number of amides is 2. The normalized spacial score (nSPS) is 16.7. The van der Waals surface area contributed by atoms with Gasteiger partial charge in [-0.2, -0.15) is 5.48 Å². The van der Waals surface area contributed by atoms with Gasteiger partial charge in [0.25, 0.3) is 5.91 Å².